The van der Waals surface area contributed by atoms with Crippen molar-refractivity contribution in [3.8, 4) is 11.5 Å². The molecule has 24 heavy (non-hydrogen) atoms. The van der Waals surface area contributed by atoms with E-state index in [0.29, 0.717) is 6.54 Å². The van der Waals surface area contributed by atoms with E-state index < -0.39 is 0 Å². The second kappa shape index (κ2) is 6.07. The Morgan fingerprint density at radius 2 is 2.12 bits per heavy atom. The van der Waals surface area contributed by atoms with E-state index in [-0.39, 0.29) is 6.10 Å². The number of oxime groups is 1. The third-order valence-electron chi connectivity index (χ3n) is 4.33. The molecule has 0 saturated carbocycles. The molecular formula is C17H20N6O. The summed E-state index contributed by atoms with van der Waals surface area (Å²) in [7, 11) is 0. The van der Waals surface area contributed by atoms with E-state index in [0.717, 1.165) is 47.6 Å². The van der Waals surface area contributed by atoms with Gasteiger partial charge in [-0.15, -0.1) is 5.10 Å². The van der Waals surface area contributed by atoms with Gasteiger partial charge in [-0.25, -0.2) is 9.67 Å². The molecule has 1 atom stereocenters. The average Bonchev–Trinajstić information content (AvgIpc) is 3.32. The second-order valence-electron chi connectivity index (χ2n) is 5.94. The summed E-state index contributed by atoms with van der Waals surface area (Å²) in [6.07, 6.45) is 3.76. The van der Waals surface area contributed by atoms with Crippen molar-refractivity contribution in [2.75, 3.05) is 0 Å². The van der Waals surface area contributed by atoms with Crippen LogP contribution in [0.15, 0.2) is 35.6 Å². The van der Waals surface area contributed by atoms with Gasteiger partial charge in [0, 0.05) is 13.0 Å². The fourth-order valence-electron chi connectivity index (χ4n) is 3.08. The number of para-hydroxylation sites is 2. The van der Waals surface area contributed by atoms with Gasteiger partial charge in [0.25, 0.3) is 0 Å². The lowest BCUT2D eigenvalue weighted by Gasteiger charge is -2.06. The van der Waals surface area contributed by atoms with Crippen molar-refractivity contribution in [1.29, 1.82) is 0 Å². The van der Waals surface area contributed by atoms with Gasteiger partial charge >= 0.3 is 0 Å². The van der Waals surface area contributed by atoms with Crippen LogP contribution in [-0.2, 0) is 17.9 Å². The quantitative estimate of drug-likeness (QED) is 0.723. The van der Waals surface area contributed by atoms with Crippen LogP contribution in [0.3, 0.4) is 0 Å². The van der Waals surface area contributed by atoms with Crippen LogP contribution >= 0.6 is 0 Å². The van der Waals surface area contributed by atoms with Gasteiger partial charge in [0.2, 0.25) is 0 Å². The van der Waals surface area contributed by atoms with Crippen LogP contribution < -0.4 is 0 Å². The predicted octanol–water partition coefficient (Wildman–Crippen LogP) is 2.87. The van der Waals surface area contributed by atoms with E-state index in [1.807, 2.05) is 29.1 Å². The molecule has 0 saturated heterocycles. The number of nitrogens with zero attached hydrogens (tertiary/aromatic N) is 6. The summed E-state index contributed by atoms with van der Waals surface area (Å²) >= 11 is 0. The summed E-state index contributed by atoms with van der Waals surface area (Å²) in [5.74, 6) is 0.850. The third-order valence-corrected chi connectivity index (χ3v) is 4.33. The molecule has 7 nitrogen and oxygen atoms in total. The van der Waals surface area contributed by atoms with Gasteiger partial charge < -0.3 is 9.40 Å². The van der Waals surface area contributed by atoms with E-state index in [4.69, 9.17) is 9.82 Å². The minimum Gasteiger partial charge on any atom is -0.390 e. The van der Waals surface area contributed by atoms with E-state index in [1.165, 1.54) is 0 Å². The molecule has 3 heterocycles. The zero-order valence-electron chi connectivity index (χ0n) is 13.9. The van der Waals surface area contributed by atoms with Crippen LogP contribution in [-0.4, -0.2) is 36.4 Å². The van der Waals surface area contributed by atoms with E-state index >= 15 is 0 Å². The van der Waals surface area contributed by atoms with Gasteiger partial charge in [-0.3, -0.25) is 0 Å². The van der Waals surface area contributed by atoms with Crippen molar-refractivity contribution in [1.82, 2.24) is 24.5 Å². The van der Waals surface area contributed by atoms with Crippen LogP contribution in [0.2, 0.25) is 0 Å². The monoisotopic (exact) mass is 324 g/mol. The van der Waals surface area contributed by atoms with Gasteiger partial charge in [0.1, 0.15) is 5.69 Å². The number of aryl methyl sites for hydroxylation is 1. The number of hydrogen-bond acceptors (Lipinski definition) is 5. The number of imidazole rings is 1. The average molecular weight is 324 g/mol. The van der Waals surface area contributed by atoms with Crippen LogP contribution in [0.4, 0.5) is 0 Å². The van der Waals surface area contributed by atoms with Gasteiger partial charge in [-0.05, 0) is 25.5 Å². The normalized spacial score (nSPS) is 17.2. The lowest BCUT2D eigenvalue weighted by atomic mass is 10.1. The van der Waals surface area contributed by atoms with Crippen molar-refractivity contribution in [3.05, 3.63) is 30.5 Å². The molecule has 2 aromatic heterocycles. The van der Waals surface area contributed by atoms with Crippen LogP contribution in [0, 0.1) is 0 Å². The summed E-state index contributed by atoms with van der Waals surface area (Å²) in [6, 6.07) is 8.12. The molecule has 7 heteroatoms. The molecule has 0 N–H and O–H groups in total. The summed E-state index contributed by atoms with van der Waals surface area (Å²) in [5.41, 5.74) is 3.98. The zero-order chi connectivity index (χ0) is 16.5. The lowest BCUT2D eigenvalue weighted by Crippen LogP contribution is -2.16. The number of hydrogen-bond donors (Lipinski definition) is 0. The van der Waals surface area contributed by atoms with E-state index in [9.17, 15) is 0 Å². The first-order valence-electron chi connectivity index (χ1n) is 8.35. The van der Waals surface area contributed by atoms with Gasteiger partial charge in [0.15, 0.2) is 11.9 Å². The Morgan fingerprint density at radius 1 is 1.25 bits per heavy atom. The van der Waals surface area contributed by atoms with Crippen molar-refractivity contribution in [3.63, 3.8) is 0 Å². The summed E-state index contributed by atoms with van der Waals surface area (Å²) in [5, 5.41) is 12.6. The molecule has 0 radical (unpaired) electrons. The number of aromatic nitrogens is 5. The van der Waals surface area contributed by atoms with E-state index in [2.05, 4.69) is 39.9 Å². The SMILES string of the molecule is CCC1=NO[C@@H](Cn2cc(-c3nc4ccccc4n3CC)nn2)C1. The van der Waals surface area contributed by atoms with Crippen molar-refractivity contribution < 1.29 is 4.84 Å². The highest BCUT2D eigenvalue weighted by molar-refractivity contribution is 5.85. The van der Waals surface area contributed by atoms with Crippen molar-refractivity contribution in [2.45, 2.75) is 45.9 Å². The highest BCUT2D eigenvalue weighted by Crippen LogP contribution is 2.23. The van der Waals surface area contributed by atoms with Crippen LogP contribution in [0.5, 0.6) is 0 Å². The Kier molecular flexibility index (Phi) is 3.76. The fraction of sp³-hybridized carbons (Fsp3) is 0.412. The molecule has 1 aliphatic rings. The molecular weight excluding hydrogens is 304 g/mol. The molecule has 0 unspecified atom stereocenters. The first-order valence-corrected chi connectivity index (χ1v) is 8.35. The molecule has 1 aliphatic heterocycles. The smallest absolute Gasteiger partial charge is 0.163 e. The molecule has 0 spiro atoms. The van der Waals surface area contributed by atoms with Crippen LogP contribution in [0.25, 0.3) is 22.6 Å². The maximum atomic E-state index is 5.45. The van der Waals surface area contributed by atoms with Crippen molar-refractivity contribution in [2.24, 2.45) is 5.16 Å². The maximum absolute atomic E-state index is 5.45. The lowest BCUT2D eigenvalue weighted by molar-refractivity contribution is 0.0693. The highest BCUT2D eigenvalue weighted by atomic mass is 16.6. The second-order valence-corrected chi connectivity index (χ2v) is 5.94. The van der Waals surface area contributed by atoms with Gasteiger partial charge in [-0.1, -0.05) is 29.4 Å². The minimum absolute atomic E-state index is 0.0412. The predicted molar refractivity (Wildman–Crippen MR) is 91.6 cm³/mol. The standard InChI is InChI=1S/C17H20N6O/c1-3-12-9-13(24-20-12)10-22-11-15(19-21-22)17-18-14-7-5-6-8-16(14)23(17)4-2/h5-8,11,13H,3-4,9-10H2,1-2H3/t13-/m1/s1. The number of fused-ring (bicyclic) bond motifs is 1. The van der Waals surface area contributed by atoms with Gasteiger partial charge in [0.05, 0.1) is 29.5 Å². The maximum Gasteiger partial charge on any atom is 0.163 e. The van der Waals surface area contributed by atoms with E-state index in [1.54, 1.807) is 0 Å². The zero-order valence-corrected chi connectivity index (χ0v) is 13.9. The Hall–Kier alpha value is -2.70. The highest BCUT2D eigenvalue weighted by Gasteiger charge is 2.21. The first-order chi connectivity index (χ1) is 11.8. The molecule has 0 fully saturated rings. The molecule has 3 aromatic rings. The molecule has 0 amide bonds. The van der Waals surface area contributed by atoms with Gasteiger partial charge in [-0.2, -0.15) is 0 Å². The summed E-state index contributed by atoms with van der Waals surface area (Å²) in [4.78, 5) is 10.2. The number of rotatable bonds is 5. The molecule has 1 aromatic carbocycles. The molecule has 0 bridgehead atoms. The Labute approximate surface area is 139 Å². The third kappa shape index (κ3) is 2.55. The molecule has 124 valence electrons. The molecule has 0 aliphatic carbocycles. The first kappa shape index (κ1) is 14.9. The topological polar surface area (TPSA) is 70.1 Å². The number of benzene rings is 1. The largest absolute Gasteiger partial charge is 0.390 e. The Bertz CT molecular complexity index is 894. The van der Waals surface area contributed by atoms with Crippen LogP contribution in [0.1, 0.15) is 26.7 Å². The Morgan fingerprint density at radius 3 is 2.92 bits per heavy atom. The minimum atomic E-state index is 0.0412. The van der Waals surface area contributed by atoms with Crippen molar-refractivity contribution >= 4 is 16.7 Å². The summed E-state index contributed by atoms with van der Waals surface area (Å²) < 4.78 is 3.97. The molecule has 4 rings (SSSR count). The Balaban J connectivity index is 1.59. The summed E-state index contributed by atoms with van der Waals surface area (Å²) in [6.45, 7) is 5.68. The fourth-order valence-corrected chi connectivity index (χ4v) is 3.08.